The van der Waals surface area contributed by atoms with Gasteiger partial charge in [0.05, 0.1) is 33.3 Å². The van der Waals surface area contributed by atoms with Crippen LogP contribution < -0.4 is 19.1 Å². The highest BCUT2D eigenvalue weighted by Crippen LogP contribution is 2.43. The zero-order chi connectivity index (χ0) is 22.2. The SMILES string of the molecule is COc1ccc(-c2csc3ncnc(N4Cc5c(OC)ccc(OC)c5C(O)C4)c23)cc1. The summed E-state index contributed by atoms with van der Waals surface area (Å²) < 4.78 is 16.4. The fourth-order valence-electron chi connectivity index (χ4n) is 4.32. The van der Waals surface area contributed by atoms with E-state index in [1.165, 1.54) is 0 Å². The second-order valence-electron chi connectivity index (χ2n) is 7.51. The summed E-state index contributed by atoms with van der Waals surface area (Å²) in [4.78, 5) is 12.1. The smallest absolute Gasteiger partial charge is 0.141 e. The third kappa shape index (κ3) is 3.32. The van der Waals surface area contributed by atoms with Crippen molar-refractivity contribution < 1.29 is 19.3 Å². The summed E-state index contributed by atoms with van der Waals surface area (Å²) in [6.45, 7) is 0.928. The lowest BCUT2D eigenvalue weighted by Crippen LogP contribution is -2.35. The van der Waals surface area contributed by atoms with Gasteiger partial charge in [-0.25, -0.2) is 9.97 Å². The van der Waals surface area contributed by atoms with Gasteiger partial charge in [0.2, 0.25) is 0 Å². The van der Waals surface area contributed by atoms with Gasteiger partial charge in [-0.15, -0.1) is 11.3 Å². The van der Waals surface area contributed by atoms with Crippen LogP contribution in [-0.2, 0) is 6.54 Å². The van der Waals surface area contributed by atoms with Crippen molar-refractivity contribution in [1.82, 2.24) is 9.97 Å². The van der Waals surface area contributed by atoms with E-state index in [0.29, 0.717) is 18.8 Å². The van der Waals surface area contributed by atoms with Gasteiger partial charge in [0.25, 0.3) is 0 Å². The summed E-state index contributed by atoms with van der Waals surface area (Å²) >= 11 is 1.58. The number of benzene rings is 2. The average Bonchev–Trinajstić information content (AvgIpc) is 3.27. The highest BCUT2D eigenvalue weighted by Gasteiger charge is 2.31. The van der Waals surface area contributed by atoms with Crippen molar-refractivity contribution in [2.24, 2.45) is 0 Å². The van der Waals surface area contributed by atoms with E-state index in [0.717, 1.165) is 49.8 Å². The van der Waals surface area contributed by atoms with Gasteiger partial charge in [0.15, 0.2) is 0 Å². The summed E-state index contributed by atoms with van der Waals surface area (Å²) in [5.74, 6) is 2.98. The van der Waals surface area contributed by atoms with Gasteiger partial charge in [0, 0.05) is 28.6 Å². The second-order valence-corrected chi connectivity index (χ2v) is 8.37. The fourth-order valence-corrected chi connectivity index (χ4v) is 5.23. The minimum Gasteiger partial charge on any atom is -0.497 e. The number of aliphatic hydroxyl groups excluding tert-OH is 1. The number of methoxy groups -OCH3 is 3. The number of ether oxygens (including phenoxy) is 3. The lowest BCUT2D eigenvalue weighted by atomic mass is 9.94. The first-order chi connectivity index (χ1) is 15.6. The summed E-state index contributed by atoms with van der Waals surface area (Å²) in [5, 5.41) is 14.1. The molecule has 1 unspecified atom stereocenters. The molecule has 0 bridgehead atoms. The highest BCUT2D eigenvalue weighted by atomic mass is 32.1. The van der Waals surface area contributed by atoms with Crippen molar-refractivity contribution >= 4 is 27.4 Å². The first kappa shape index (κ1) is 20.5. The Morgan fingerprint density at radius 2 is 1.72 bits per heavy atom. The van der Waals surface area contributed by atoms with Gasteiger partial charge in [-0.3, -0.25) is 0 Å². The maximum atomic E-state index is 11.1. The first-order valence-corrected chi connectivity index (χ1v) is 11.1. The fraction of sp³-hybridized carbons (Fsp3) is 0.250. The van der Waals surface area contributed by atoms with Crippen LogP contribution >= 0.6 is 11.3 Å². The molecule has 32 heavy (non-hydrogen) atoms. The van der Waals surface area contributed by atoms with Crippen LogP contribution in [0.4, 0.5) is 5.82 Å². The van der Waals surface area contributed by atoms with E-state index in [9.17, 15) is 5.11 Å². The molecule has 5 rings (SSSR count). The van der Waals surface area contributed by atoms with Crippen LogP contribution in [0.25, 0.3) is 21.3 Å². The number of β-amino-alcohol motifs (C(OH)–C–C–N with tert-alkyl or cyclic N) is 1. The zero-order valence-electron chi connectivity index (χ0n) is 18.0. The number of nitrogens with zero attached hydrogens (tertiary/aromatic N) is 3. The molecule has 1 aliphatic heterocycles. The van der Waals surface area contributed by atoms with Crippen molar-refractivity contribution in [3.05, 3.63) is 59.2 Å². The van der Waals surface area contributed by atoms with Gasteiger partial charge in [-0.2, -0.15) is 0 Å². The van der Waals surface area contributed by atoms with Crippen LogP contribution in [-0.4, -0.2) is 42.9 Å². The molecule has 0 aliphatic carbocycles. The summed E-state index contributed by atoms with van der Waals surface area (Å²) in [5.41, 5.74) is 3.79. The second kappa shape index (κ2) is 8.29. The standard InChI is InChI=1S/C24H23N3O4S/c1-29-15-6-4-14(5-7-15)17-12-32-24-22(17)23(25-13-26-24)27-10-16-19(30-2)8-9-20(31-3)21(16)18(28)11-27/h4-9,12-13,18,28H,10-11H2,1-3H3. The molecule has 8 heteroatoms. The Labute approximate surface area is 189 Å². The number of hydrogen-bond acceptors (Lipinski definition) is 8. The number of aromatic nitrogens is 2. The Morgan fingerprint density at radius 3 is 2.44 bits per heavy atom. The molecular formula is C24H23N3O4S. The molecule has 2 aromatic carbocycles. The molecule has 1 aliphatic rings. The largest absolute Gasteiger partial charge is 0.497 e. The maximum absolute atomic E-state index is 11.1. The summed E-state index contributed by atoms with van der Waals surface area (Å²) in [7, 11) is 4.91. The van der Waals surface area contributed by atoms with Crippen molar-refractivity contribution in [3.63, 3.8) is 0 Å². The summed E-state index contributed by atoms with van der Waals surface area (Å²) in [6.07, 6.45) is 0.841. The molecular weight excluding hydrogens is 426 g/mol. The third-order valence-electron chi connectivity index (χ3n) is 5.84. The topological polar surface area (TPSA) is 76.9 Å². The highest BCUT2D eigenvalue weighted by molar-refractivity contribution is 7.17. The van der Waals surface area contributed by atoms with E-state index in [4.69, 9.17) is 14.2 Å². The van der Waals surface area contributed by atoms with E-state index >= 15 is 0 Å². The van der Waals surface area contributed by atoms with Gasteiger partial charge < -0.3 is 24.2 Å². The maximum Gasteiger partial charge on any atom is 0.141 e. The first-order valence-electron chi connectivity index (χ1n) is 10.2. The molecule has 0 radical (unpaired) electrons. The Kier molecular flexibility index (Phi) is 5.32. The van der Waals surface area contributed by atoms with Crippen LogP contribution in [0.15, 0.2) is 48.1 Å². The molecule has 7 nitrogen and oxygen atoms in total. The third-order valence-corrected chi connectivity index (χ3v) is 6.73. The molecule has 3 heterocycles. The number of thiophene rings is 1. The van der Waals surface area contributed by atoms with Crippen LogP contribution in [0.2, 0.25) is 0 Å². The van der Waals surface area contributed by atoms with Crippen LogP contribution in [0.5, 0.6) is 17.2 Å². The Bertz CT molecular complexity index is 1270. The normalized spacial score (nSPS) is 15.5. The Morgan fingerprint density at radius 1 is 0.969 bits per heavy atom. The molecule has 2 aromatic heterocycles. The van der Waals surface area contributed by atoms with E-state index in [-0.39, 0.29) is 0 Å². The van der Waals surface area contributed by atoms with Crippen molar-refractivity contribution in [1.29, 1.82) is 0 Å². The van der Waals surface area contributed by atoms with Crippen LogP contribution in [0.3, 0.4) is 0 Å². The molecule has 1 atom stereocenters. The minimum absolute atomic E-state index is 0.389. The lowest BCUT2D eigenvalue weighted by molar-refractivity contribution is 0.169. The molecule has 0 saturated carbocycles. The monoisotopic (exact) mass is 449 g/mol. The molecule has 4 aromatic rings. The predicted molar refractivity (Wildman–Crippen MR) is 125 cm³/mol. The predicted octanol–water partition coefficient (Wildman–Crippen LogP) is 4.44. The number of fused-ring (bicyclic) bond motifs is 2. The van der Waals surface area contributed by atoms with Gasteiger partial charge in [-0.1, -0.05) is 12.1 Å². The van der Waals surface area contributed by atoms with Gasteiger partial charge in [-0.05, 0) is 29.8 Å². The summed E-state index contributed by atoms with van der Waals surface area (Å²) in [6, 6.07) is 11.7. The molecule has 164 valence electrons. The average molecular weight is 450 g/mol. The number of rotatable bonds is 5. The zero-order valence-corrected chi connectivity index (χ0v) is 18.8. The molecule has 0 fully saturated rings. The molecule has 0 saturated heterocycles. The van der Waals surface area contributed by atoms with Gasteiger partial charge in [0.1, 0.15) is 40.3 Å². The Balaban J connectivity index is 1.62. The lowest BCUT2D eigenvalue weighted by Gasteiger charge is -2.35. The number of aliphatic hydroxyl groups is 1. The van der Waals surface area contributed by atoms with E-state index in [2.05, 4.69) is 20.2 Å². The van der Waals surface area contributed by atoms with Crippen molar-refractivity contribution in [3.8, 4) is 28.4 Å². The molecule has 1 N–H and O–H groups in total. The molecule has 0 amide bonds. The van der Waals surface area contributed by atoms with Crippen molar-refractivity contribution in [2.45, 2.75) is 12.6 Å². The Hall–Kier alpha value is -3.36. The van der Waals surface area contributed by atoms with E-state index in [1.807, 2.05) is 36.4 Å². The number of anilines is 1. The molecule has 0 spiro atoms. The number of hydrogen-bond donors (Lipinski definition) is 1. The van der Waals surface area contributed by atoms with Gasteiger partial charge >= 0.3 is 0 Å². The van der Waals surface area contributed by atoms with E-state index in [1.54, 1.807) is 39.0 Å². The van der Waals surface area contributed by atoms with E-state index < -0.39 is 6.10 Å². The minimum atomic E-state index is -0.739. The quantitative estimate of drug-likeness (QED) is 0.483. The van der Waals surface area contributed by atoms with Crippen molar-refractivity contribution in [2.75, 3.05) is 32.8 Å². The van der Waals surface area contributed by atoms with Crippen LogP contribution in [0, 0.1) is 0 Å². The van der Waals surface area contributed by atoms with Crippen LogP contribution in [0.1, 0.15) is 17.2 Å².